The number of para-hydroxylation sites is 1. The first kappa shape index (κ1) is 17.4. The molecule has 1 amide bonds. The first-order valence-corrected chi connectivity index (χ1v) is 8.82. The maximum atomic E-state index is 12.8. The highest BCUT2D eigenvalue weighted by Crippen LogP contribution is 2.21. The Morgan fingerprint density at radius 2 is 2.00 bits per heavy atom. The molecule has 5 nitrogen and oxygen atoms in total. The summed E-state index contributed by atoms with van der Waals surface area (Å²) in [6, 6.07) is 9.01. The van der Waals surface area contributed by atoms with Crippen molar-refractivity contribution >= 4 is 11.7 Å². The van der Waals surface area contributed by atoms with Gasteiger partial charge in [-0.2, -0.15) is 0 Å². The van der Waals surface area contributed by atoms with Crippen LogP contribution in [0.1, 0.15) is 25.7 Å². The Labute approximate surface area is 148 Å². The van der Waals surface area contributed by atoms with Crippen LogP contribution in [0.15, 0.2) is 54.1 Å². The number of primary amides is 1. The minimum atomic E-state index is -0.624. The number of rotatable bonds is 5. The molecule has 0 radical (unpaired) electrons. The van der Waals surface area contributed by atoms with E-state index in [4.69, 9.17) is 10.5 Å². The fourth-order valence-electron chi connectivity index (χ4n) is 3.39. The molecule has 1 aliphatic heterocycles. The molecule has 3 rings (SSSR count). The van der Waals surface area contributed by atoms with E-state index in [1.165, 1.54) is 0 Å². The van der Waals surface area contributed by atoms with E-state index in [1.807, 2.05) is 47.4 Å². The summed E-state index contributed by atoms with van der Waals surface area (Å²) in [5.41, 5.74) is 6.24. The summed E-state index contributed by atoms with van der Waals surface area (Å²) < 4.78 is 5.80. The zero-order chi connectivity index (χ0) is 17.6. The number of carbonyl (C=O) groups is 2. The number of nitrogens with zero attached hydrogens (tertiary/aromatic N) is 1. The Kier molecular flexibility index (Phi) is 5.66. The molecule has 0 spiro atoms. The molecule has 0 aromatic heterocycles. The molecule has 0 bridgehead atoms. The van der Waals surface area contributed by atoms with E-state index < -0.39 is 6.10 Å². The van der Waals surface area contributed by atoms with Gasteiger partial charge in [-0.05, 0) is 37.6 Å². The normalized spacial score (nSPS) is 24.5. The van der Waals surface area contributed by atoms with Crippen LogP contribution in [0.2, 0.25) is 0 Å². The predicted octanol–water partition coefficient (Wildman–Crippen LogP) is 2.23. The third kappa shape index (κ3) is 4.37. The Bertz CT molecular complexity index is 681. The number of ketones is 1. The second-order valence-corrected chi connectivity index (χ2v) is 6.53. The largest absolute Gasteiger partial charge is 0.478 e. The number of hydrogen-bond acceptors (Lipinski definition) is 4. The summed E-state index contributed by atoms with van der Waals surface area (Å²) in [7, 11) is 0. The van der Waals surface area contributed by atoms with Gasteiger partial charge < -0.3 is 10.5 Å². The Hall–Kier alpha value is -2.40. The quantitative estimate of drug-likeness (QED) is 0.892. The molecule has 1 aliphatic carbocycles. The Morgan fingerprint density at radius 3 is 2.76 bits per heavy atom. The highest BCUT2D eigenvalue weighted by Gasteiger charge is 2.30. The number of nitrogens with two attached hydrogens (primary N) is 1. The summed E-state index contributed by atoms with van der Waals surface area (Å²) in [6.45, 7) is 1.22. The molecule has 2 aliphatic rings. The van der Waals surface area contributed by atoms with Crippen LogP contribution < -0.4 is 10.5 Å². The van der Waals surface area contributed by atoms with Gasteiger partial charge >= 0.3 is 0 Å². The van der Waals surface area contributed by atoms with Crippen molar-refractivity contribution in [3.8, 4) is 5.75 Å². The van der Waals surface area contributed by atoms with Gasteiger partial charge in [0.1, 0.15) is 5.75 Å². The highest BCUT2D eigenvalue weighted by atomic mass is 16.5. The lowest BCUT2D eigenvalue weighted by atomic mass is 9.99. The van der Waals surface area contributed by atoms with E-state index in [9.17, 15) is 9.59 Å². The third-order valence-electron chi connectivity index (χ3n) is 4.73. The van der Waals surface area contributed by atoms with Crippen LogP contribution >= 0.6 is 0 Å². The van der Waals surface area contributed by atoms with E-state index in [-0.39, 0.29) is 17.7 Å². The number of benzene rings is 1. The molecule has 5 heteroatoms. The van der Waals surface area contributed by atoms with Crippen molar-refractivity contribution < 1.29 is 14.3 Å². The number of Topliss-reactive ketones (excluding diaryl/α,β-unsaturated/α-hetero) is 1. The molecule has 0 saturated carbocycles. The van der Waals surface area contributed by atoms with Gasteiger partial charge in [-0.25, -0.2) is 0 Å². The molecule has 132 valence electrons. The number of amides is 1. The molecular weight excluding hydrogens is 316 g/mol. The molecular formula is C20H24N2O3. The van der Waals surface area contributed by atoms with Gasteiger partial charge in [-0.3, -0.25) is 14.5 Å². The average Bonchev–Trinajstić information content (AvgIpc) is 2.85. The summed E-state index contributed by atoms with van der Waals surface area (Å²) in [4.78, 5) is 26.6. The fourth-order valence-corrected chi connectivity index (χ4v) is 3.39. The Balaban J connectivity index is 1.69. The van der Waals surface area contributed by atoms with Gasteiger partial charge in [0.05, 0.1) is 6.04 Å². The summed E-state index contributed by atoms with van der Waals surface area (Å²) in [5.74, 6) is 0.300. The topological polar surface area (TPSA) is 72.6 Å². The first-order chi connectivity index (χ1) is 12.1. The molecule has 25 heavy (non-hydrogen) atoms. The van der Waals surface area contributed by atoms with Crippen molar-refractivity contribution in [3.05, 3.63) is 54.1 Å². The lowest BCUT2D eigenvalue weighted by Gasteiger charge is -2.29. The molecule has 1 heterocycles. The van der Waals surface area contributed by atoms with Crippen LogP contribution in [0.5, 0.6) is 5.75 Å². The van der Waals surface area contributed by atoms with Crippen LogP contribution in [0.25, 0.3) is 0 Å². The van der Waals surface area contributed by atoms with Crippen LogP contribution in [-0.2, 0) is 9.59 Å². The predicted molar refractivity (Wildman–Crippen MR) is 96.1 cm³/mol. The van der Waals surface area contributed by atoms with Crippen LogP contribution in [0, 0.1) is 0 Å². The summed E-state index contributed by atoms with van der Waals surface area (Å²) in [6.07, 6.45) is 8.66. The van der Waals surface area contributed by atoms with Crippen molar-refractivity contribution in [2.45, 2.75) is 37.8 Å². The van der Waals surface area contributed by atoms with Crippen LogP contribution in [-0.4, -0.2) is 41.8 Å². The van der Waals surface area contributed by atoms with Gasteiger partial charge in [-0.1, -0.05) is 43.2 Å². The summed E-state index contributed by atoms with van der Waals surface area (Å²) in [5, 5.41) is 0. The van der Waals surface area contributed by atoms with Crippen molar-refractivity contribution in [3.63, 3.8) is 0 Å². The third-order valence-corrected chi connectivity index (χ3v) is 4.73. The molecule has 1 saturated heterocycles. The maximum absolute atomic E-state index is 12.8. The van der Waals surface area contributed by atoms with Crippen LogP contribution in [0.4, 0.5) is 0 Å². The molecule has 2 N–H and O–H groups in total. The second-order valence-electron chi connectivity index (χ2n) is 6.53. The standard InChI is InChI=1S/C20H24N2O3/c21-20(24)17-11-5-2-6-13-22(17)14-15-8-7-12-18(19(15)23)25-16-9-3-1-4-10-16/h1,3-4,7-10,12,17-18H,2,5-6,11,13-14H2,(H2,21,24)/t17?,18-/m0/s1. The SMILES string of the molecule is NC(=O)C1CCCCCN1CC1=CC=C[C@H](Oc2ccccc2)C1=O. The zero-order valence-electron chi connectivity index (χ0n) is 14.3. The van der Waals surface area contributed by atoms with Crippen LogP contribution in [0.3, 0.4) is 0 Å². The number of allylic oxidation sites excluding steroid dienone is 2. The monoisotopic (exact) mass is 340 g/mol. The zero-order valence-corrected chi connectivity index (χ0v) is 14.3. The number of ether oxygens (including phenoxy) is 1. The van der Waals surface area contributed by atoms with Gasteiger partial charge in [0.15, 0.2) is 6.10 Å². The lowest BCUT2D eigenvalue weighted by Crippen LogP contribution is -2.46. The van der Waals surface area contributed by atoms with Gasteiger partial charge in [0, 0.05) is 12.1 Å². The van der Waals surface area contributed by atoms with Gasteiger partial charge in [-0.15, -0.1) is 0 Å². The van der Waals surface area contributed by atoms with Crippen molar-refractivity contribution in [1.82, 2.24) is 4.90 Å². The van der Waals surface area contributed by atoms with Crippen molar-refractivity contribution in [2.24, 2.45) is 5.73 Å². The van der Waals surface area contributed by atoms with Crippen molar-refractivity contribution in [2.75, 3.05) is 13.1 Å². The van der Waals surface area contributed by atoms with Gasteiger partial charge in [0.25, 0.3) is 0 Å². The number of likely N-dealkylation sites (tertiary alicyclic amines) is 1. The highest BCUT2D eigenvalue weighted by molar-refractivity contribution is 6.02. The maximum Gasteiger partial charge on any atom is 0.234 e. The summed E-state index contributed by atoms with van der Waals surface area (Å²) >= 11 is 0. The molecule has 2 atom stereocenters. The first-order valence-electron chi connectivity index (χ1n) is 8.82. The minimum absolute atomic E-state index is 0.0566. The number of hydrogen-bond donors (Lipinski definition) is 1. The fraction of sp³-hybridized carbons (Fsp3) is 0.400. The number of carbonyl (C=O) groups excluding carboxylic acids is 2. The van der Waals surface area contributed by atoms with E-state index in [1.54, 1.807) is 6.08 Å². The van der Waals surface area contributed by atoms with E-state index in [0.29, 0.717) is 17.9 Å². The van der Waals surface area contributed by atoms with E-state index in [0.717, 1.165) is 32.2 Å². The molecule has 1 aromatic carbocycles. The molecule has 1 fully saturated rings. The lowest BCUT2D eigenvalue weighted by molar-refractivity contribution is -0.124. The van der Waals surface area contributed by atoms with Crippen molar-refractivity contribution in [1.29, 1.82) is 0 Å². The molecule has 1 unspecified atom stereocenters. The average molecular weight is 340 g/mol. The smallest absolute Gasteiger partial charge is 0.234 e. The molecule has 1 aromatic rings. The van der Waals surface area contributed by atoms with E-state index >= 15 is 0 Å². The van der Waals surface area contributed by atoms with Gasteiger partial charge in [0.2, 0.25) is 11.7 Å². The Morgan fingerprint density at radius 1 is 1.20 bits per heavy atom. The van der Waals surface area contributed by atoms with E-state index in [2.05, 4.69) is 0 Å². The minimum Gasteiger partial charge on any atom is -0.478 e. The second kappa shape index (κ2) is 8.12.